The van der Waals surface area contributed by atoms with E-state index in [-0.39, 0.29) is 11.9 Å². The number of nitrogens with zero attached hydrogens (tertiary/aromatic N) is 2. The van der Waals surface area contributed by atoms with Crippen LogP contribution in [-0.4, -0.2) is 29.9 Å². The third-order valence-corrected chi connectivity index (χ3v) is 4.08. The van der Waals surface area contributed by atoms with Crippen molar-refractivity contribution in [1.82, 2.24) is 9.88 Å². The van der Waals surface area contributed by atoms with E-state index in [1.807, 2.05) is 19.2 Å². The second-order valence-corrected chi connectivity index (χ2v) is 5.23. The highest BCUT2D eigenvalue weighted by Crippen LogP contribution is 2.35. The number of benzene rings is 1. The summed E-state index contributed by atoms with van der Waals surface area (Å²) in [5.41, 5.74) is 3.09. The first-order valence-corrected chi connectivity index (χ1v) is 7.06. The van der Waals surface area contributed by atoms with Crippen LogP contribution in [0.3, 0.4) is 0 Å². The topological polar surface area (TPSA) is 42.4 Å². The van der Waals surface area contributed by atoms with Gasteiger partial charge >= 0.3 is 0 Å². The van der Waals surface area contributed by atoms with Gasteiger partial charge in [-0.15, -0.1) is 0 Å². The van der Waals surface area contributed by atoms with Crippen molar-refractivity contribution in [2.75, 3.05) is 14.2 Å². The highest BCUT2D eigenvalue weighted by molar-refractivity contribution is 5.96. The van der Waals surface area contributed by atoms with Gasteiger partial charge in [0.25, 0.3) is 5.91 Å². The first kappa shape index (κ1) is 13.6. The summed E-state index contributed by atoms with van der Waals surface area (Å²) in [6.45, 7) is 0. The predicted octanol–water partition coefficient (Wildman–Crippen LogP) is 2.85. The Kier molecular flexibility index (Phi) is 3.60. The molecule has 21 heavy (non-hydrogen) atoms. The zero-order chi connectivity index (χ0) is 14.8. The third-order valence-electron chi connectivity index (χ3n) is 4.08. The van der Waals surface area contributed by atoms with E-state index in [4.69, 9.17) is 4.74 Å². The average molecular weight is 282 g/mol. The van der Waals surface area contributed by atoms with Gasteiger partial charge < -0.3 is 9.64 Å². The van der Waals surface area contributed by atoms with E-state index in [0.717, 1.165) is 12.8 Å². The molecule has 1 unspecified atom stereocenters. The Labute approximate surface area is 124 Å². The zero-order valence-electron chi connectivity index (χ0n) is 12.2. The molecule has 108 valence electrons. The maximum atomic E-state index is 12.7. The maximum absolute atomic E-state index is 12.7. The van der Waals surface area contributed by atoms with E-state index in [1.54, 1.807) is 23.2 Å². The molecule has 0 fully saturated rings. The number of fused-ring (bicyclic) bond motifs is 1. The van der Waals surface area contributed by atoms with Crippen molar-refractivity contribution in [2.24, 2.45) is 0 Å². The van der Waals surface area contributed by atoms with Crippen LogP contribution in [0.2, 0.25) is 0 Å². The molecular weight excluding hydrogens is 264 g/mol. The van der Waals surface area contributed by atoms with Crippen molar-refractivity contribution in [3.05, 3.63) is 59.3 Å². The molecule has 3 rings (SSSR count). The summed E-state index contributed by atoms with van der Waals surface area (Å²) in [6, 6.07) is 12.0. The summed E-state index contributed by atoms with van der Waals surface area (Å²) in [5.74, 6) is 0.322. The third kappa shape index (κ3) is 2.37. The van der Waals surface area contributed by atoms with Crippen LogP contribution in [-0.2, 0) is 6.42 Å². The molecule has 1 aliphatic carbocycles. The molecule has 0 radical (unpaired) electrons. The largest absolute Gasteiger partial charge is 0.480 e. The van der Waals surface area contributed by atoms with Crippen molar-refractivity contribution in [3.8, 4) is 5.88 Å². The minimum absolute atomic E-state index is 0.0540. The van der Waals surface area contributed by atoms with Crippen LogP contribution in [0.4, 0.5) is 0 Å². The second kappa shape index (κ2) is 5.56. The molecule has 4 nitrogen and oxygen atoms in total. The van der Waals surface area contributed by atoms with E-state index >= 15 is 0 Å². The molecule has 1 aliphatic rings. The Morgan fingerprint density at radius 3 is 2.90 bits per heavy atom. The van der Waals surface area contributed by atoms with Crippen molar-refractivity contribution in [3.63, 3.8) is 0 Å². The van der Waals surface area contributed by atoms with Gasteiger partial charge in [0.2, 0.25) is 5.88 Å². The molecule has 4 heteroatoms. The summed E-state index contributed by atoms with van der Waals surface area (Å²) >= 11 is 0. The minimum Gasteiger partial charge on any atom is -0.480 e. The number of methoxy groups -OCH3 is 1. The quantitative estimate of drug-likeness (QED) is 0.869. The number of amides is 1. The number of aryl methyl sites for hydroxylation is 1. The lowest BCUT2D eigenvalue weighted by molar-refractivity contribution is 0.0726. The summed E-state index contributed by atoms with van der Waals surface area (Å²) in [6.07, 6.45) is 3.60. The van der Waals surface area contributed by atoms with Crippen LogP contribution >= 0.6 is 0 Å². The lowest BCUT2D eigenvalue weighted by Crippen LogP contribution is -2.30. The van der Waals surface area contributed by atoms with Gasteiger partial charge in [-0.1, -0.05) is 24.3 Å². The number of pyridine rings is 1. The fourth-order valence-electron chi connectivity index (χ4n) is 2.98. The molecule has 1 amide bonds. The highest BCUT2D eigenvalue weighted by atomic mass is 16.5. The fourth-order valence-corrected chi connectivity index (χ4v) is 2.98. The van der Waals surface area contributed by atoms with Gasteiger partial charge in [0, 0.05) is 13.2 Å². The molecule has 0 saturated heterocycles. The molecule has 0 aliphatic heterocycles. The van der Waals surface area contributed by atoms with Crippen LogP contribution in [0, 0.1) is 0 Å². The Balaban J connectivity index is 1.89. The smallest absolute Gasteiger partial charge is 0.259 e. The second-order valence-electron chi connectivity index (χ2n) is 5.23. The molecule has 2 aromatic rings. The Hall–Kier alpha value is -2.36. The van der Waals surface area contributed by atoms with Crippen LogP contribution in [0.5, 0.6) is 5.88 Å². The SMILES string of the molecule is COc1ncccc1C(=O)N(C)C1CCc2ccccc21. The van der Waals surface area contributed by atoms with Crippen LogP contribution in [0.15, 0.2) is 42.6 Å². The number of aromatic nitrogens is 1. The number of carbonyl (C=O) groups is 1. The molecule has 0 N–H and O–H groups in total. The van der Waals surface area contributed by atoms with Crippen molar-refractivity contribution < 1.29 is 9.53 Å². The van der Waals surface area contributed by atoms with Gasteiger partial charge in [-0.25, -0.2) is 4.98 Å². The normalized spacial score (nSPS) is 16.4. The van der Waals surface area contributed by atoms with Crippen LogP contribution < -0.4 is 4.74 Å². The molecule has 0 saturated carbocycles. The maximum Gasteiger partial charge on any atom is 0.259 e. The van der Waals surface area contributed by atoms with Gasteiger partial charge in [0.15, 0.2) is 0 Å². The lowest BCUT2D eigenvalue weighted by atomic mass is 10.1. The molecule has 1 heterocycles. The predicted molar refractivity (Wildman–Crippen MR) is 80.4 cm³/mol. The number of hydrogen-bond acceptors (Lipinski definition) is 3. The molecular formula is C17H18N2O2. The van der Waals surface area contributed by atoms with Crippen LogP contribution in [0.25, 0.3) is 0 Å². The zero-order valence-corrected chi connectivity index (χ0v) is 12.2. The van der Waals surface area contributed by atoms with E-state index < -0.39 is 0 Å². The van der Waals surface area contributed by atoms with E-state index in [0.29, 0.717) is 11.4 Å². The van der Waals surface area contributed by atoms with Crippen LogP contribution in [0.1, 0.15) is 33.9 Å². The van der Waals surface area contributed by atoms with E-state index in [9.17, 15) is 4.79 Å². The summed E-state index contributed by atoms with van der Waals surface area (Å²) in [5, 5.41) is 0. The number of carbonyl (C=O) groups excluding carboxylic acids is 1. The van der Waals surface area contributed by atoms with Gasteiger partial charge in [0.05, 0.1) is 13.2 Å². The van der Waals surface area contributed by atoms with Crippen molar-refractivity contribution in [1.29, 1.82) is 0 Å². The van der Waals surface area contributed by atoms with Gasteiger partial charge in [-0.2, -0.15) is 0 Å². The Morgan fingerprint density at radius 1 is 1.29 bits per heavy atom. The van der Waals surface area contributed by atoms with E-state index in [2.05, 4.69) is 17.1 Å². The molecule has 0 bridgehead atoms. The number of ether oxygens (including phenoxy) is 1. The first-order valence-electron chi connectivity index (χ1n) is 7.06. The number of rotatable bonds is 3. The average Bonchev–Trinajstić information content (AvgIpc) is 2.97. The Bertz CT molecular complexity index is 669. The summed E-state index contributed by atoms with van der Waals surface area (Å²) < 4.78 is 5.19. The molecule has 1 atom stereocenters. The van der Waals surface area contributed by atoms with Crippen molar-refractivity contribution >= 4 is 5.91 Å². The highest BCUT2D eigenvalue weighted by Gasteiger charge is 2.30. The lowest BCUT2D eigenvalue weighted by Gasteiger charge is -2.26. The summed E-state index contributed by atoms with van der Waals surface area (Å²) in [4.78, 5) is 18.6. The molecule has 1 aromatic heterocycles. The van der Waals surface area contributed by atoms with Gasteiger partial charge in [-0.05, 0) is 36.1 Å². The Morgan fingerprint density at radius 2 is 2.10 bits per heavy atom. The fraction of sp³-hybridized carbons (Fsp3) is 0.294. The first-order chi connectivity index (χ1) is 10.2. The summed E-state index contributed by atoms with van der Waals surface area (Å²) in [7, 11) is 3.38. The van der Waals surface area contributed by atoms with Crippen molar-refractivity contribution in [2.45, 2.75) is 18.9 Å². The molecule has 0 spiro atoms. The minimum atomic E-state index is -0.0540. The molecule has 1 aromatic carbocycles. The van der Waals surface area contributed by atoms with E-state index in [1.165, 1.54) is 18.2 Å². The van der Waals surface area contributed by atoms with Gasteiger partial charge in [0.1, 0.15) is 5.56 Å². The monoisotopic (exact) mass is 282 g/mol. The number of hydrogen-bond donors (Lipinski definition) is 0. The van der Waals surface area contributed by atoms with Gasteiger partial charge in [-0.3, -0.25) is 4.79 Å². The standard InChI is InChI=1S/C17H18N2O2/c1-19(15-10-9-12-6-3-4-7-13(12)15)17(20)14-8-5-11-18-16(14)21-2/h3-8,11,15H,9-10H2,1-2H3.